The van der Waals surface area contributed by atoms with E-state index in [4.69, 9.17) is 11.6 Å². The minimum absolute atomic E-state index is 0.0341. The SMILES string of the molecule is O=S(=O)(c1ccccc1)N(Cc1ccc(Br)cc1)Cc1ccc(F)cc1Cl. The second kappa shape index (κ2) is 8.52. The van der Waals surface area contributed by atoms with Gasteiger partial charge in [0.05, 0.1) is 4.90 Å². The van der Waals surface area contributed by atoms with Crippen LogP contribution in [0.1, 0.15) is 11.1 Å². The summed E-state index contributed by atoms with van der Waals surface area (Å²) < 4.78 is 42.0. The highest BCUT2D eigenvalue weighted by Gasteiger charge is 2.25. The Hall–Kier alpha value is -1.73. The van der Waals surface area contributed by atoms with Gasteiger partial charge >= 0.3 is 0 Å². The first-order valence-corrected chi connectivity index (χ1v) is 10.7. The Morgan fingerprint density at radius 1 is 0.926 bits per heavy atom. The van der Waals surface area contributed by atoms with Gasteiger partial charge in [-0.25, -0.2) is 12.8 Å². The van der Waals surface area contributed by atoms with Crippen LogP contribution in [0, 0.1) is 5.82 Å². The van der Waals surface area contributed by atoms with Crippen LogP contribution >= 0.6 is 27.5 Å². The zero-order valence-corrected chi connectivity index (χ0v) is 17.3. The van der Waals surface area contributed by atoms with Crippen molar-refractivity contribution in [1.82, 2.24) is 4.31 Å². The number of hydrogen-bond donors (Lipinski definition) is 0. The van der Waals surface area contributed by atoms with Gasteiger partial charge in [0.25, 0.3) is 0 Å². The van der Waals surface area contributed by atoms with Crippen molar-refractivity contribution in [2.24, 2.45) is 0 Å². The van der Waals surface area contributed by atoms with Crippen molar-refractivity contribution in [2.45, 2.75) is 18.0 Å². The lowest BCUT2D eigenvalue weighted by molar-refractivity contribution is 0.401. The molecular weight excluding hydrogens is 453 g/mol. The fourth-order valence-corrected chi connectivity index (χ4v) is 4.52. The molecule has 3 aromatic rings. The van der Waals surface area contributed by atoms with Gasteiger partial charge in [0.15, 0.2) is 0 Å². The molecule has 0 aliphatic carbocycles. The number of nitrogens with zero attached hydrogens (tertiary/aromatic N) is 1. The van der Waals surface area contributed by atoms with E-state index >= 15 is 0 Å². The molecule has 0 atom stereocenters. The highest BCUT2D eigenvalue weighted by atomic mass is 79.9. The Balaban J connectivity index is 1.99. The number of rotatable bonds is 6. The molecule has 0 spiro atoms. The van der Waals surface area contributed by atoms with Gasteiger partial charge in [-0.3, -0.25) is 0 Å². The molecule has 3 aromatic carbocycles. The summed E-state index contributed by atoms with van der Waals surface area (Å²) in [6.07, 6.45) is 0. The summed E-state index contributed by atoms with van der Waals surface area (Å²) in [5.41, 5.74) is 1.37. The van der Waals surface area contributed by atoms with Crippen LogP contribution in [0.25, 0.3) is 0 Å². The van der Waals surface area contributed by atoms with E-state index in [2.05, 4.69) is 15.9 Å². The molecule has 140 valence electrons. The smallest absolute Gasteiger partial charge is 0.207 e. The van der Waals surface area contributed by atoms with Crippen molar-refractivity contribution >= 4 is 37.6 Å². The van der Waals surface area contributed by atoms with Crippen molar-refractivity contribution < 1.29 is 12.8 Å². The Morgan fingerprint density at radius 3 is 2.22 bits per heavy atom. The lowest BCUT2D eigenvalue weighted by atomic mass is 10.2. The largest absolute Gasteiger partial charge is 0.243 e. The molecule has 0 saturated heterocycles. The fraction of sp³-hybridized carbons (Fsp3) is 0.100. The maximum Gasteiger partial charge on any atom is 0.243 e. The van der Waals surface area contributed by atoms with Crippen molar-refractivity contribution in [3.8, 4) is 0 Å². The molecule has 0 bridgehead atoms. The van der Waals surface area contributed by atoms with Crippen LogP contribution in [0.4, 0.5) is 4.39 Å². The summed E-state index contributed by atoms with van der Waals surface area (Å²) in [7, 11) is -3.77. The fourth-order valence-electron chi connectivity index (χ4n) is 2.60. The van der Waals surface area contributed by atoms with Crippen LogP contribution < -0.4 is 0 Å². The molecule has 0 aliphatic heterocycles. The van der Waals surface area contributed by atoms with Gasteiger partial charge in [0.2, 0.25) is 10.0 Å². The highest BCUT2D eigenvalue weighted by Crippen LogP contribution is 2.25. The van der Waals surface area contributed by atoms with Crippen molar-refractivity contribution in [3.63, 3.8) is 0 Å². The Morgan fingerprint density at radius 2 is 1.59 bits per heavy atom. The van der Waals surface area contributed by atoms with Crippen LogP contribution in [0.15, 0.2) is 82.2 Å². The van der Waals surface area contributed by atoms with Gasteiger partial charge < -0.3 is 0 Å². The summed E-state index contributed by atoms with van der Waals surface area (Å²) in [4.78, 5) is 0.195. The molecule has 0 radical (unpaired) electrons. The van der Waals surface area contributed by atoms with Crippen molar-refractivity contribution in [3.05, 3.63) is 99.2 Å². The average Bonchev–Trinajstić information content (AvgIpc) is 2.65. The van der Waals surface area contributed by atoms with Gasteiger partial charge in [-0.15, -0.1) is 0 Å². The molecule has 3 rings (SSSR count). The molecule has 0 saturated carbocycles. The van der Waals surface area contributed by atoms with Crippen LogP contribution in [-0.2, 0) is 23.1 Å². The van der Waals surface area contributed by atoms with E-state index in [1.165, 1.54) is 22.5 Å². The number of halogens is 3. The molecule has 0 heterocycles. The zero-order chi connectivity index (χ0) is 19.4. The quantitative estimate of drug-likeness (QED) is 0.470. The van der Waals surface area contributed by atoms with Crippen molar-refractivity contribution in [2.75, 3.05) is 0 Å². The first-order valence-electron chi connectivity index (χ1n) is 8.10. The van der Waals surface area contributed by atoms with Gasteiger partial charge in [-0.2, -0.15) is 4.31 Å². The van der Waals surface area contributed by atoms with Gasteiger partial charge in [0, 0.05) is 22.6 Å². The first-order chi connectivity index (χ1) is 12.9. The zero-order valence-electron chi connectivity index (χ0n) is 14.1. The summed E-state index contributed by atoms with van der Waals surface area (Å²) in [6, 6.07) is 19.6. The lowest BCUT2D eigenvalue weighted by Crippen LogP contribution is -2.30. The molecule has 3 nitrogen and oxygen atoms in total. The van der Waals surface area contributed by atoms with Gasteiger partial charge in [-0.1, -0.05) is 63.9 Å². The third-order valence-corrected chi connectivity index (χ3v) is 6.70. The summed E-state index contributed by atoms with van der Waals surface area (Å²) in [5.74, 6) is -0.464. The molecule has 0 unspecified atom stereocenters. The topological polar surface area (TPSA) is 37.4 Å². The first kappa shape index (κ1) is 20.0. The standard InChI is InChI=1S/C20H16BrClFNO2S/c21-17-9-6-15(7-10-17)13-24(14-16-8-11-18(23)12-20(16)22)27(25,26)19-4-2-1-3-5-19/h1-12H,13-14H2. The molecule has 0 aliphatic rings. The molecular formula is C20H16BrClFNO2S. The third kappa shape index (κ3) is 4.96. The Bertz CT molecular complexity index is 1030. The van der Waals surface area contributed by atoms with E-state index in [0.717, 1.165) is 10.0 Å². The van der Waals surface area contributed by atoms with Crippen LogP contribution in [0.3, 0.4) is 0 Å². The second-order valence-electron chi connectivity index (χ2n) is 5.95. The van der Waals surface area contributed by atoms with E-state index in [-0.39, 0.29) is 23.0 Å². The third-order valence-electron chi connectivity index (χ3n) is 4.01. The molecule has 0 aromatic heterocycles. The summed E-state index contributed by atoms with van der Waals surface area (Å²) in [5, 5.41) is 0.194. The Kier molecular flexibility index (Phi) is 6.32. The maximum atomic E-state index is 13.3. The minimum Gasteiger partial charge on any atom is -0.207 e. The van der Waals surface area contributed by atoms with E-state index in [1.807, 2.05) is 24.3 Å². The number of benzene rings is 3. The summed E-state index contributed by atoms with van der Waals surface area (Å²) >= 11 is 9.50. The second-order valence-corrected chi connectivity index (χ2v) is 9.21. The predicted molar refractivity (Wildman–Crippen MR) is 108 cm³/mol. The number of hydrogen-bond acceptors (Lipinski definition) is 2. The summed E-state index contributed by atoms with van der Waals surface area (Å²) in [6.45, 7) is 0.199. The molecule has 27 heavy (non-hydrogen) atoms. The molecule has 7 heteroatoms. The van der Waals surface area contributed by atoms with Gasteiger partial charge in [0.1, 0.15) is 5.82 Å². The van der Waals surface area contributed by atoms with Crippen LogP contribution in [0.2, 0.25) is 5.02 Å². The predicted octanol–water partition coefficient (Wildman–Crippen LogP) is 5.63. The Labute approximate surface area is 171 Å². The van der Waals surface area contributed by atoms with Crippen molar-refractivity contribution in [1.29, 1.82) is 0 Å². The monoisotopic (exact) mass is 467 g/mol. The van der Waals surface area contributed by atoms with E-state index in [1.54, 1.807) is 30.3 Å². The van der Waals surface area contributed by atoms with E-state index < -0.39 is 15.8 Å². The molecule has 0 amide bonds. The average molecular weight is 469 g/mol. The molecule has 0 fully saturated rings. The molecule has 0 N–H and O–H groups in total. The normalized spacial score (nSPS) is 11.7. The van der Waals surface area contributed by atoms with Gasteiger partial charge in [-0.05, 0) is 47.5 Å². The van der Waals surface area contributed by atoms with Crippen LogP contribution in [-0.4, -0.2) is 12.7 Å². The maximum absolute atomic E-state index is 13.3. The number of sulfonamides is 1. The lowest BCUT2D eigenvalue weighted by Gasteiger charge is -2.23. The highest BCUT2D eigenvalue weighted by molar-refractivity contribution is 9.10. The van der Waals surface area contributed by atoms with E-state index in [0.29, 0.717) is 5.56 Å². The van der Waals surface area contributed by atoms with E-state index in [9.17, 15) is 12.8 Å². The minimum atomic E-state index is -3.77. The van der Waals surface area contributed by atoms with Crippen LogP contribution in [0.5, 0.6) is 0 Å².